The van der Waals surface area contributed by atoms with E-state index >= 15 is 0 Å². The molecular weight excluding hydrogens is 592 g/mol. The number of carbonyl (C=O) groups is 1. The maximum atomic E-state index is 13.1. The van der Waals surface area contributed by atoms with Gasteiger partial charge in [0.2, 0.25) is 5.01 Å². The molecule has 0 bridgehead atoms. The third-order valence-electron chi connectivity index (χ3n) is 4.93. The van der Waals surface area contributed by atoms with Gasteiger partial charge in [-0.25, -0.2) is 4.79 Å². The Morgan fingerprint density at radius 1 is 1.13 bits per heavy atom. The second kappa shape index (κ2) is 10.8. The van der Waals surface area contributed by atoms with Gasteiger partial charge in [-0.15, -0.1) is 20.4 Å². The molecule has 1 aliphatic rings. The van der Waals surface area contributed by atoms with E-state index in [4.69, 9.17) is 0 Å². The Bertz CT molecular complexity index is 1360. The van der Waals surface area contributed by atoms with Gasteiger partial charge in [-0.2, -0.15) is 43.5 Å². The van der Waals surface area contributed by atoms with Crippen molar-refractivity contribution in [3.8, 4) is 0 Å². The molecular formula is C19H18F8N6O4S2. The number of esters is 1. The Labute approximate surface area is 219 Å². The molecule has 0 atom stereocenters. The minimum absolute atomic E-state index is 0.0861. The van der Waals surface area contributed by atoms with Crippen LogP contribution in [0.3, 0.4) is 0 Å². The van der Waals surface area contributed by atoms with Crippen molar-refractivity contribution in [3.05, 3.63) is 22.7 Å². The van der Waals surface area contributed by atoms with Gasteiger partial charge in [-0.05, 0) is 36.5 Å². The number of alkyl halides is 8. The Morgan fingerprint density at radius 3 is 2.38 bits per heavy atom. The van der Waals surface area contributed by atoms with Crippen molar-refractivity contribution in [2.75, 3.05) is 22.7 Å². The number of aryl methyl sites for hydroxylation is 1. The molecule has 1 N–H and O–H groups in total. The summed E-state index contributed by atoms with van der Waals surface area (Å²) in [4.78, 5) is 13.5. The Balaban J connectivity index is 1.96. The number of halogens is 8. The number of anilines is 2. The van der Waals surface area contributed by atoms with Crippen molar-refractivity contribution < 1.29 is 53.1 Å². The highest BCUT2D eigenvalue weighted by Gasteiger charge is 2.62. The topological polar surface area (TPSA) is 126 Å². The molecule has 2 aromatic rings. The highest BCUT2D eigenvalue weighted by molar-refractivity contribution is 7.93. The van der Waals surface area contributed by atoms with Crippen molar-refractivity contribution in [1.82, 2.24) is 10.2 Å². The Morgan fingerprint density at radius 2 is 1.79 bits per heavy atom. The molecule has 0 fully saturated rings. The molecule has 1 aromatic heterocycles. The number of nitrogens with one attached hydrogen (secondary N) is 1. The maximum absolute atomic E-state index is 13.1. The molecule has 0 unspecified atom stereocenters. The molecule has 216 valence electrons. The van der Waals surface area contributed by atoms with Gasteiger partial charge in [0, 0.05) is 18.8 Å². The average molecular weight is 611 g/mol. The second-order valence-corrected chi connectivity index (χ2v) is 11.1. The van der Waals surface area contributed by atoms with Crippen LogP contribution in [-0.2, 0) is 21.2 Å². The fourth-order valence-electron chi connectivity index (χ4n) is 3.35. The molecule has 10 nitrogen and oxygen atoms in total. The Kier molecular flexibility index (Phi) is 8.40. The second-order valence-electron chi connectivity index (χ2n) is 8.49. The van der Waals surface area contributed by atoms with Crippen LogP contribution in [-0.4, -0.2) is 55.5 Å². The lowest BCUT2D eigenvalue weighted by Gasteiger charge is -2.33. The fraction of sp³-hybridized carbons (Fsp3) is 0.526. The maximum Gasteiger partial charge on any atom is 0.516 e. The smallest absolute Gasteiger partial charge is 0.388 e. The molecule has 3 rings (SSSR count). The van der Waals surface area contributed by atoms with Crippen LogP contribution in [0.5, 0.6) is 0 Å². The zero-order valence-corrected chi connectivity index (χ0v) is 21.4. The summed E-state index contributed by atoms with van der Waals surface area (Å²) in [7, 11) is -5.88. The lowest BCUT2D eigenvalue weighted by molar-refractivity contribution is -0.370. The molecule has 20 heteroatoms. The lowest BCUT2D eigenvalue weighted by Crippen LogP contribution is -2.40. The summed E-state index contributed by atoms with van der Waals surface area (Å²) >= 11 is 0.0861. The van der Waals surface area contributed by atoms with Gasteiger partial charge in [0.15, 0.2) is 0 Å². The van der Waals surface area contributed by atoms with Crippen molar-refractivity contribution >= 4 is 49.5 Å². The highest BCUT2D eigenvalue weighted by atomic mass is 32.2. The van der Waals surface area contributed by atoms with Crippen molar-refractivity contribution in [3.63, 3.8) is 0 Å². The summed E-state index contributed by atoms with van der Waals surface area (Å²) < 4.78 is 130. The molecule has 0 saturated carbocycles. The van der Waals surface area contributed by atoms with Crippen LogP contribution < -0.4 is 9.62 Å². The van der Waals surface area contributed by atoms with Gasteiger partial charge in [0.1, 0.15) is 5.69 Å². The van der Waals surface area contributed by atoms with Crippen molar-refractivity contribution in [2.45, 2.75) is 44.5 Å². The monoisotopic (exact) mass is 610 g/mol. The first-order chi connectivity index (χ1) is 17.8. The predicted molar refractivity (Wildman–Crippen MR) is 121 cm³/mol. The van der Waals surface area contributed by atoms with Crippen molar-refractivity contribution in [2.24, 2.45) is 16.1 Å². The van der Waals surface area contributed by atoms with E-state index in [0.29, 0.717) is 37.2 Å². The third-order valence-corrected chi connectivity index (χ3v) is 6.82. The van der Waals surface area contributed by atoms with Crippen LogP contribution in [0, 0.1) is 5.92 Å². The largest absolute Gasteiger partial charge is 0.516 e. The zero-order chi connectivity index (χ0) is 29.4. The number of ether oxygens (including phenoxy) is 1. The van der Waals surface area contributed by atoms with Gasteiger partial charge < -0.3 is 9.64 Å². The minimum atomic E-state index is -6.19. The number of azo groups is 1. The number of nitrogens with zero attached hydrogens (tertiary/aromatic N) is 5. The van der Waals surface area contributed by atoms with Crippen LogP contribution in [0.1, 0.15) is 35.6 Å². The number of hydrogen-bond donors (Lipinski definition) is 1. The molecule has 0 amide bonds. The number of fused-ring (bicyclic) bond motifs is 1. The van der Waals surface area contributed by atoms with E-state index in [0.717, 1.165) is 6.07 Å². The molecule has 0 saturated heterocycles. The lowest BCUT2D eigenvalue weighted by atomic mass is 9.99. The van der Waals surface area contributed by atoms with Crippen molar-refractivity contribution in [1.29, 1.82) is 0 Å². The van der Waals surface area contributed by atoms with E-state index < -0.39 is 55.3 Å². The van der Waals surface area contributed by atoms with E-state index in [1.807, 2.05) is 18.7 Å². The quantitative estimate of drug-likeness (QED) is 0.223. The van der Waals surface area contributed by atoms with E-state index in [9.17, 15) is 48.3 Å². The van der Waals surface area contributed by atoms with Gasteiger partial charge >= 0.3 is 33.8 Å². The third kappa shape index (κ3) is 7.08. The van der Waals surface area contributed by atoms with E-state index in [2.05, 4.69) is 25.2 Å². The summed E-state index contributed by atoms with van der Waals surface area (Å²) in [5, 5.41) is 11.9. The van der Waals surface area contributed by atoms with Crippen LogP contribution in [0.25, 0.3) is 0 Å². The molecule has 0 radical (unpaired) electrons. The van der Waals surface area contributed by atoms with E-state index in [-0.39, 0.29) is 17.3 Å². The highest BCUT2D eigenvalue weighted by Crippen LogP contribution is 2.40. The normalized spacial score (nSPS) is 15.1. The number of benzene rings is 1. The Hall–Kier alpha value is -3.16. The van der Waals surface area contributed by atoms with Crippen LogP contribution in [0.4, 0.5) is 57.3 Å². The summed E-state index contributed by atoms with van der Waals surface area (Å²) in [5.41, 5.74) is -5.57. The molecule has 1 aromatic carbocycles. The summed E-state index contributed by atoms with van der Waals surface area (Å²) in [5.74, 6) is -2.01. The summed E-state index contributed by atoms with van der Waals surface area (Å²) in [6.07, 6.45) is -10.9. The minimum Gasteiger partial charge on any atom is -0.388 e. The number of sulfonamides is 1. The van der Waals surface area contributed by atoms with Crippen LogP contribution >= 0.6 is 11.3 Å². The molecule has 39 heavy (non-hydrogen) atoms. The molecule has 0 aliphatic carbocycles. The summed E-state index contributed by atoms with van der Waals surface area (Å²) in [6, 6.07) is 2.45. The first-order valence-electron chi connectivity index (χ1n) is 10.7. The SMILES string of the molecule is CC(C)CN1CCCc2cc(N=Nc3nnc(C(=O)OC(F)(F)C(F)(F)F)s3)c(NS(=O)(=O)C(F)(F)F)cc21. The number of aromatic nitrogens is 2. The molecule has 1 aliphatic heterocycles. The standard InChI is InChI=1S/C19H18F8N6O4S2/c1-9(2)8-33-5-3-4-10-6-11(12(7-13(10)33)32-39(35,36)19(25,26)27)28-30-16-31-29-14(38-16)15(34)37-18(23,24)17(20,21)22/h6-7,9,32H,3-5,8H2,1-2H3. The average Bonchev–Trinajstić information content (AvgIpc) is 3.25. The fourth-order valence-corrected chi connectivity index (χ4v) is 4.46. The molecule has 0 spiro atoms. The van der Waals surface area contributed by atoms with Gasteiger partial charge in [0.05, 0.1) is 5.69 Å². The number of carbonyl (C=O) groups excluding carboxylic acids is 1. The summed E-state index contributed by atoms with van der Waals surface area (Å²) in [6.45, 7) is 4.92. The van der Waals surface area contributed by atoms with Gasteiger partial charge in [-0.3, -0.25) is 4.72 Å². The first kappa shape index (κ1) is 30.4. The predicted octanol–water partition coefficient (Wildman–Crippen LogP) is 5.94. The van der Waals surface area contributed by atoms with Gasteiger partial charge in [0.25, 0.3) is 5.13 Å². The van der Waals surface area contributed by atoms with E-state index in [1.54, 1.807) is 0 Å². The van der Waals surface area contributed by atoms with E-state index in [1.165, 1.54) is 10.8 Å². The zero-order valence-electron chi connectivity index (χ0n) is 19.8. The van der Waals surface area contributed by atoms with Gasteiger partial charge in [-0.1, -0.05) is 25.2 Å². The van der Waals surface area contributed by atoms with Crippen LogP contribution in [0.2, 0.25) is 0 Å². The molecule has 2 heterocycles. The number of rotatable bonds is 8. The first-order valence-corrected chi connectivity index (χ1v) is 13.0. The van der Waals surface area contributed by atoms with Crippen LogP contribution in [0.15, 0.2) is 22.4 Å². The number of hydrogen-bond acceptors (Lipinski definition) is 10.